The minimum atomic E-state index is 0.284. The van der Waals surface area contributed by atoms with Crippen LogP contribution in [0, 0.1) is 0 Å². The molecule has 2 rings (SSSR count). The zero-order valence-electron chi connectivity index (χ0n) is 10.8. The molecule has 1 spiro atoms. The average Bonchev–Trinajstić information content (AvgIpc) is 2.27. The van der Waals surface area contributed by atoms with Gasteiger partial charge in [0.2, 0.25) is 0 Å². The Morgan fingerprint density at radius 2 is 2.25 bits per heavy atom. The second kappa shape index (κ2) is 5.48. The van der Waals surface area contributed by atoms with Crippen molar-refractivity contribution < 1.29 is 4.74 Å². The number of nitrogens with one attached hydrogen (secondary N) is 1. The molecule has 0 radical (unpaired) electrons. The molecule has 0 aromatic carbocycles. The van der Waals surface area contributed by atoms with E-state index in [1.165, 1.54) is 32.1 Å². The van der Waals surface area contributed by atoms with Crippen molar-refractivity contribution in [3.63, 3.8) is 0 Å². The first kappa shape index (κ1) is 12.3. The van der Waals surface area contributed by atoms with Crippen LogP contribution in [0.4, 0.5) is 0 Å². The smallest absolute Gasteiger partial charge is 0.0697 e. The first-order valence-corrected chi connectivity index (χ1v) is 6.80. The quantitative estimate of drug-likeness (QED) is 0.771. The molecular formula is C13H26N2O. The Bertz CT molecular complexity index is 216. The third kappa shape index (κ3) is 2.96. The molecule has 0 aromatic heterocycles. The molecule has 3 nitrogen and oxygen atoms in total. The molecule has 0 aromatic rings. The molecule has 3 heteroatoms. The summed E-state index contributed by atoms with van der Waals surface area (Å²) in [6.45, 7) is 6.57. The van der Waals surface area contributed by atoms with E-state index in [1.54, 1.807) is 0 Å². The van der Waals surface area contributed by atoms with E-state index < -0.39 is 0 Å². The van der Waals surface area contributed by atoms with Gasteiger partial charge in [0.1, 0.15) is 0 Å². The summed E-state index contributed by atoms with van der Waals surface area (Å²) in [5.74, 6) is 0. The fourth-order valence-electron chi connectivity index (χ4n) is 2.74. The summed E-state index contributed by atoms with van der Waals surface area (Å²) in [4.78, 5) is 2.35. The van der Waals surface area contributed by atoms with E-state index in [9.17, 15) is 0 Å². The predicted molar refractivity (Wildman–Crippen MR) is 66.7 cm³/mol. The third-order valence-electron chi connectivity index (χ3n) is 4.22. The monoisotopic (exact) mass is 226 g/mol. The van der Waals surface area contributed by atoms with Crippen LogP contribution in [0.3, 0.4) is 0 Å². The molecule has 1 aliphatic carbocycles. The summed E-state index contributed by atoms with van der Waals surface area (Å²) in [6.07, 6.45) is 6.38. The highest BCUT2D eigenvalue weighted by atomic mass is 16.5. The molecule has 2 aliphatic rings. The van der Waals surface area contributed by atoms with Crippen molar-refractivity contribution in [3.8, 4) is 0 Å². The van der Waals surface area contributed by atoms with Crippen LogP contribution in [0.15, 0.2) is 0 Å². The fraction of sp³-hybridized carbons (Fsp3) is 1.00. The van der Waals surface area contributed by atoms with Gasteiger partial charge < -0.3 is 15.0 Å². The van der Waals surface area contributed by atoms with Crippen molar-refractivity contribution in [1.82, 2.24) is 10.2 Å². The predicted octanol–water partition coefficient (Wildman–Crippen LogP) is 1.63. The third-order valence-corrected chi connectivity index (χ3v) is 4.22. The van der Waals surface area contributed by atoms with Crippen molar-refractivity contribution in [1.29, 1.82) is 0 Å². The van der Waals surface area contributed by atoms with E-state index in [0.29, 0.717) is 6.04 Å². The van der Waals surface area contributed by atoms with Crippen LogP contribution in [0.5, 0.6) is 0 Å². The second-order valence-electron chi connectivity index (χ2n) is 5.42. The highest BCUT2D eigenvalue weighted by Crippen LogP contribution is 2.42. The first-order valence-electron chi connectivity index (χ1n) is 6.80. The summed E-state index contributed by atoms with van der Waals surface area (Å²) in [6, 6.07) is 0.694. The molecule has 0 bridgehead atoms. The second-order valence-corrected chi connectivity index (χ2v) is 5.42. The van der Waals surface area contributed by atoms with E-state index in [1.807, 2.05) is 0 Å². The van der Waals surface area contributed by atoms with E-state index in [-0.39, 0.29) is 5.60 Å². The topological polar surface area (TPSA) is 24.5 Å². The largest absolute Gasteiger partial charge is 0.375 e. The van der Waals surface area contributed by atoms with Crippen LogP contribution < -0.4 is 5.32 Å². The fourth-order valence-corrected chi connectivity index (χ4v) is 2.74. The lowest BCUT2D eigenvalue weighted by molar-refractivity contribution is -0.135. The van der Waals surface area contributed by atoms with Crippen LogP contribution in [0.1, 0.15) is 39.0 Å². The molecule has 1 atom stereocenters. The maximum Gasteiger partial charge on any atom is 0.0697 e. The first-order chi connectivity index (χ1) is 7.74. The molecular weight excluding hydrogens is 200 g/mol. The Kier molecular flexibility index (Phi) is 4.22. The summed E-state index contributed by atoms with van der Waals surface area (Å²) in [5, 5.41) is 3.69. The Hall–Kier alpha value is -0.120. The van der Waals surface area contributed by atoms with Crippen molar-refractivity contribution in [3.05, 3.63) is 0 Å². The molecule has 16 heavy (non-hydrogen) atoms. The van der Waals surface area contributed by atoms with Gasteiger partial charge in [-0.15, -0.1) is 0 Å². The van der Waals surface area contributed by atoms with Gasteiger partial charge in [-0.1, -0.05) is 6.92 Å². The number of likely N-dealkylation sites (N-methyl/N-ethyl adjacent to an activating group) is 1. The van der Waals surface area contributed by atoms with Crippen LogP contribution in [-0.2, 0) is 4.74 Å². The summed E-state index contributed by atoms with van der Waals surface area (Å²) in [5.41, 5.74) is 0.284. The van der Waals surface area contributed by atoms with E-state index >= 15 is 0 Å². The van der Waals surface area contributed by atoms with Crippen LogP contribution in [-0.4, -0.2) is 49.8 Å². The minimum absolute atomic E-state index is 0.284. The molecule has 1 aliphatic heterocycles. The van der Waals surface area contributed by atoms with Gasteiger partial charge in [0.25, 0.3) is 0 Å². The zero-order valence-corrected chi connectivity index (χ0v) is 10.8. The molecule has 1 N–H and O–H groups in total. The number of ether oxygens (including phenoxy) is 1. The van der Waals surface area contributed by atoms with Crippen LogP contribution in [0.2, 0.25) is 0 Å². The van der Waals surface area contributed by atoms with Gasteiger partial charge in [0, 0.05) is 25.7 Å². The highest BCUT2D eigenvalue weighted by Gasteiger charge is 2.42. The molecule has 1 saturated heterocycles. The van der Waals surface area contributed by atoms with E-state index in [2.05, 4.69) is 24.2 Å². The van der Waals surface area contributed by atoms with E-state index in [4.69, 9.17) is 4.74 Å². The van der Waals surface area contributed by atoms with Crippen LogP contribution >= 0.6 is 0 Å². The lowest BCUT2D eigenvalue weighted by atomic mass is 9.74. The van der Waals surface area contributed by atoms with Gasteiger partial charge in [-0.2, -0.15) is 0 Å². The highest BCUT2D eigenvalue weighted by molar-refractivity contribution is 4.95. The van der Waals surface area contributed by atoms with Crippen molar-refractivity contribution in [2.75, 3.05) is 33.3 Å². The summed E-state index contributed by atoms with van der Waals surface area (Å²) >= 11 is 0. The van der Waals surface area contributed by atoms with E-state index in [0.717, 1.165) is 26.2 Å². The van der Waals surface area contributed by atoms with Gasteiger partial charge in [-0.25, -0.2) is 0 Å². The van der Waals surface area contributed by atoms with Gasteiger partial charge in [-0.05, 0) is 45.7 Å². The number of nitrogens with zero attached hydrogens (tertiary/aromatic N) is 1. The molecule has 1 heterocycles. The Morgan fingerprint density at radius 1 is 1.44 bits per heavy atom. The number of hydrogen-bond donors (Lipinski definition) is 1. The van der Waals surface area contributed by atoms with Gasteiger partial charge in [0.15, 0.2) is 0 Å². The van der Waals surface area contributed by atoms with Crippen molar-refractivity contribution >= 4 is 0 Å². The molecule has 0 amide bonds. The van der Waals surface area contributed by atoms with Gasteiger partial charge in [-0.3, -0.25) is 0 Å². The molecule has 1 saturated carbocycles. The summed E-state index contributed by atoms with van der Waals surface area (Å²) in [7, 11) is 2.18. The van der Waals surface area contributed by atoms with Gasteiger partial charge in [0.05, 0.1) is 5.60 Å². The number of hydrogen-bond acceptors (Lipinski definition) is 3. The Labute approximate surface area is 99.5 Å². The van der Waals surface area contributed by atoms with Crippen molar-refractivity contribution in [2.24, 2.45) is 0 Å². The minimum Gasteiger partial charge on any atom is -0.375 e. The van der Waals surface area contributed by atoms with Crippen LogP contribution in [0.25, 0.3) is 0 Å². The number of rotatable bonds is 5. The Balaban J connectivity index is 1.65. The molecule has 2 fully saturated rings. The maximum atomic E-state index is 5.93. The Morgan fingerprint density at radius 3 is 2.88 bits per heavy atom. The normalized spacial score (nSPS) is 28.3. The SMILES string of the molecule is CCN(C)CCNC1CCOC2(CCC2)C1. The summed E-state index contributed by atoms with van der Waals surface area (Å²) < 4.78 is 5.93. The van der Waals surface area contributed by atoms with Crippen molar-refractivity contribution in [2.45, 2.75) is 50.7 Å². The molecule has 1 unspecified atom stereocenters. The lowest BCUT2D eigenvalue weighted by Crippen LogP contribution is -2.51. The lowest BCUT2D eigenvalue weighted by Gasteiger charge is -2.47. The maximum absolute atomic E-state index is 5.93. The zero-order chi connectivity index (χ0) is 11.4. The molecule has 94 valence electrons. The van der Waals surface area contributed by atoms with Gasteiger partial charge >= 0.3 is 0 Å². The average molecular weight is 226 g/mol. The standard InChI is InChI=1S/C13H26N2O/c1-3-15(2)9-8-14-12-5-10-16-13(11-12)6-4-7-13/h12,14H,3-11H2,1-2H3.